The van der Waals surface area contributed by atoms with Gasteiger partial charge in [0.05, 0.1) is 0 Å². The third-order valence-electron chi connectivity index (χ3n) is 2.39. The highest BCUT2D eigenvalue weighted by atomic mass is 33.1. The molecule has 1 heterocycles. The molecule has 0 aliphatic rings. The molecule has 0 aliphatic carbocycles. The third-order valence-corrected chi connectivity index (χ3v) is 4.97. The predicted molar refractivity (Wildman–Crippen MR) is 71.2 cm³/mol. The second kappa shape index (κ2) is 5.10. The van der Waals surface area contributed by atoms with Crippen LogP contribution >= 0.6 is 21.6 Å². The van der Waals surface area contributed by atoms with Crippen molar-refractivity contribution in [3.05, 3.63) is 28.8 Å². The van der Waals surface area contributed by atoms with Crippen molar-refractivity contribution < 1.29 is 0 Å². The lowest BCUT2D eigenvalue weighted by molar-refractivity contribution is 0.666. The van der Waals surface area contributed by atoms with E-state index >= 15 is 0 Å². The van der Waals surface area contributed by atoms with Gasteiger partial charge in [0.2, 0.25) is 5.16 Å². The van der Waals surface area contributed by atoms with Crippen molar-refractivity contribution in [2.75, 3.05) is 0 Å². The molecule has 6 heteroatoms. The first-order valence-corrected chi connectivity index (χ1v) is 7.37. The monoisotopic (exact) mass is 266 g/mol. The summed E-state index contributed by atoms with van der Waals surface area (Å²) in [5.74, 6) is 0. The first kappa shape index (κ1) is 12.4. The Hall–Kier alpha value is -1.01. The Bertz CT molecular complexity index is 513. The van der Waals surface area contributed by atoms with Crippen molar-refractivity contribution in [3.63, 3.8) is 0 Å². The van der Waals surface area contributed by atoms with Crippen LogP contribution in [0.5, 0.6) is 0 Å². The molecule has 4 nitrogen and oxygen atoms in total. The first-order valence-electron chi connectivity index (χ1n) is 5.22. The predicted octanol–water partition coefficient (Wildman–Crippen LogP) is 2.93. The Kier molecular flexibility index (Phi) is 3.73. The number of hydrogen-bond acceptors (Lipinski definition) is 5. The fourth-order valence-corrected chi connectivity index (χ4v) is 4.11. The normalized spacial score (nSPS) is 10.8. The number of hydrogen-bond donors (Lipinski definition) is 0. The van der Waals surface area contributed by atoms with Gasteiger partial charge < -0.3 is 0 Å². The molecule has 17 heavy (non-hydrogen) atoms. The summed E-state index contributed by atoms with van der Waals surface area (Å²) in [4.78, 5) is 1.30. The molecule has 1 aromatic carbocycles. The highest BCUT2D eigenvalue weighted by molar-refractivity contribution is 8.76. The molecule has 0 aliphatic heterocycles. The van der Waals surface area contributed by atoms with Crippen LogP contribution in [0.4, 0.5) is 0 Å². The van der Waals surface area contributed by atoms with Gasteiger partial charge in [-0.3, -0.25) is 0 Å². The summed E-state index contributed by atoms with van der Waals surface area (Å²) < 4.78 is 1.68. The average Bonchev–Trinajstić information content (AvgIpc) is 2.62. The maximum Gasteiger partial charge on any atom is 0.220 e. The Morgan fingerprint density at radius 2 is 1.71 bits per heavy atom. The van der Waals surface area contributed by atoms with Crippen LogP contribution in [0.15, 0.2) is 22.2 Å². The van der Waals surface area contributed by atoms with Gasteiger partial charge >= 0.3 is 0 Å². The molecule has 0 atom stereocenters. The van der Waals surface area contributed by atoms with Gasteiger partial charge in [-0.2, -0.15) is 0 Å². The van der Waals surface area contributed by atoms with Crippen molar-refractivity contribution in [1.82, 2.24) is 20.2 Å². The second-order valence-corrected chi connectivity index (χ2v) is 6.09. The molecule has 0 spiro atoms. The molecule has 0 N–H and O–H groups in total. The van der Waals surface area contributed by atoms with E-state index in [1.807, 2.05) is 7.05 Å². The molecule has 1 aromatic heterocycles. The molecule has 0 fully saturated rings. The largest absolute Gasteiger partial charge is 0.223 e. The van der Waals surface area contributed by atoms with E-state index in [4.69, 9.17) is 0 Å². The molecular formula is C11H14N4S2. The van der Waals surface area contributed by atoms with E-state index in [-0.39, 0.29) is 0 Å². The van der Waals surface area contributed by atoms with E-state index in [9.17, 15) is 0 Å². The standard InChI is InChI=1S/C11H14N4S2/c1-7-5-8(2)10(9(3)6-7)16-17-11-12-13-14-15(11)4/h5-6H,1-4H3. The number of benzene rings is 1. The Morgan fingerprint density at radius 3 is 2.24 bits per heavy atom. The summed E-state index contributed by atoms with van der Waals surface area (Å²) in [5, 5.41) is 12.2. The fourth-order valence-electron chi connectivity index (χ4n) is 1.67. The molecule has 0 saturated heterocycles. The van der Waals surface area contributed by atoms with Crippen LogP contribution < -0.4 is 0 Å². The van der Waals surface area contributed by atoms with Gasteiger partial charge in [-0.05, 0) is 63.9 Å². The highest BCUT2D eigenvalue weighted by Gasteiger charge is 2.09. The average molecular weight is 266 g/mol. The van der Waals surface area contributed by atoms with Crippen LogP contribution in [0.3, 0.4) is 0 Å². The summed E-state index contributed by atoms with van der Waals surface area (Å²) in [7, 11) is 5.14. The van der Waals surface area contributed by atoms with Crippen LogP contribution in [-0.4, -0.2) is 20.2 Å². The molecule has 2 rings (SSSR count). The van der Waals surface area contributed by atoms with Crippen LogP contribution in [0, 0.1) is 20.8 Å². The molecular weight excluding hydrogens is 252 g/mol. The summed E-state index contributed by atoms with van der Waals surface area (Å²) in [6.45, 7) is 6.39. The maximum absolute atomic E-state index is 3.95. The molecule has 0 saturated carbocycles. The van der Waals surface area contributed by atoms with E-state index in [0.717, 1.165) is 5.16 Å². The number of aromatic nitrogens is 4. The van der Waals surface area contributed by atoms with Crippen LogP contribution in [0.2, 0.25) is 0 Å². The Labute approximate surface area is 109 Å². The molecule has 0 amide bonds. The number of rotatable bonds is 3. The Morgan fingerprint density at radius 1 is 1.06 bits per heavy atom. The lowest BCUT2D eigenvalue weighted by Crippen LogP contribution is -1.92. The third kappa shape index (κ3) is 2.81. The summed E-state index contributed by atoms with van der Waals surface area (Å²) in [5.41, 5.74) is 3.90. The van der Waals surface area contributed by atoms with E-state index < -0.39 is 0 Å². The van der Waals surface area contributed by atoms with Crippen molar-refractivity contribution >= 4 is 21.6 Å². The molecule has 0 bridgehead atoms. The van der Waals surface area contributed by atoms with E-state index in [2.05, 4.69) is 48.4 Å². The summed E-state index contributed by atoms with van der Waals surface area (Å²) in [6.07, 6.45) is 0. The van der Waals surface area contributed by atoms with E-state index in [0.29, 0.717) is 0 Å². The van der Waals surface area contributed by atoms with Gasteiger partial charge in [-0.15, -0.1) is 5.10 Å². The Balaban J connectivity index is 2.17. The van der Waals surface area contributed by atoms with Gasteiger partial charge in [0, 0.05) is 11.9 Å². The van der Waals surface area contributed by atoms with E-state index in [1.165, 1.54) is 21.6 Å². The number of aryl methyl sites for hydroxylation is 4. The van der Waals surface area contributed by atoms with Crippen molar-refractivity contribution in [3.8, 4) is 0 Å². The number of tetrazole rings is 1. The van der Waals surface area contributed by atoms with Gasteiger partial charge in [-0.25, -0.2) is 4.68 Å². The molecule has 0 radical (unpaired) electrons. The van der Waals surface area contributed by atoms with Crippen molar-refractivity contribution in [1.29, 1.82) is 0 Å². The van der Waals surface area contributed by atoms with Crippen LogP contribution in [0.25, 0.3) is 0 Å². The quantitative estimate of drug-likeness (QED) is 0.799. The topological polar surface area (TPSA) is 43.6 Å². The zero-order valence-corrected chi connectivity index (χ0v) is 11.9. The van der Waals surface area contributed by atoms with Crippen molar-refractivity contribution in [2.45, 2.75) is 30.8 Å². The van der Waals surface area contributed by atoms with Gasteiger partial charge in [0.25, 0.3) is 0 Å². The molecule has 0 unspecified atom stereocenters. The van der Waals surface area contributed by atoms with Gasteiger partial charge in [0.1, 0.15) is 0 Å². The summed E-state index contributed by atoms with van der Waals surface area (Å²) in [6, 6.07) is 4.40. The minimum absolute atomic E-state index is 0.814. The number of nitrogens with zero attached hydrogens (tertiary/aromatic N) is 4. The van der Waals surface area contributed by atoms with Crippen LogP contribution in [0.1, 0.15) is 16.7 Å². The lowest BCUT2D eigenvalue weighted by atomic mass is 10.1. The van der Waals surface area contributed by atoms with Gasteiger partial charge in [0.15, 0.2) is 0 Å². The highest BCUT2D eigenvalue weighted by Crippen LogP contribution is 2.39. The second-order valence-electron chi connectivity index (χ2n) is 3.98. The minimum Gasteiger partial charge on any atom is -0.223 e. The smallest absolute Gasteiger partial charge is 0.220 e. The summed E-state index contributed by atoms with van der Waals surface area (Å²) >= 11 is 0. The zero-order chi connectivity index (χ0) is 12.4. The zero-order valence-electron chi connectivity index (χ0n) is 10.3. The maximum atomic E-state index is 3.95. The fraction of sp³-hybridized carbons (Fsp3) is 0.364. The molecule has 2 aromatic rings. The first-order chi connectivity index (χ1) is 8.08. The SMILES string of the molecule is Cc1cc(C)c(SSc2nnnn2C)c(C)c1. The van der Waals surface area contributed by atoms with Crippen molar-refractivity contribution in [2.24, 2.45) is 7.05 Å². The van der Waals surface area contributed by atoms with Crippen LogP contribution in [-0.2, 0) is 7.05 Å². The van der Waals surface area contributed by atoms with Gasteiger partial charge in [-0.1, -0.05) is 17.7 Å². The minimum atomic E-state index is 0.814. The van der Waals surface area contributed by atoms with E-state index in [1.54, 1.807) is 26.3 Å². The lowest BCUT2D eigenvalue weighted by Gasteiger charge is -2.09. The molecule has 90 valence electrons.